The summed E-state index contributed by atoms with van der Waals surface area (Å²) >= 11 is 0. The topological polar surface area (TPSA) is 117 Å². The maximum absolute atomic E-state index is 13.0. The summed E-state index contributed by atoms with van der Waals surface area (Å²) in [7, 11) is -3.38. The van der Waals surface area contributed by atoms with Crippen molar-refractivity contribution in [2.75, 3.05) is 27.4 Å². The predicted octanol–water partition coefficient (Wildman–Crippen LogP) is 2.58. The summed E-state index contributed by atoms with van der Waals surface area (Å²) in [6.45, 7) is 3.47. The van der Waals surface area contributed by atoms with E-state index in [4.69, 9.17) is 4.74 Å². The lowest BCUT2D eigenvalue weighted by atomic mass is 10.1. The van der Waals surface area contributed by atoms with Crippen molar-refractivity contribution in [3.63, 3.8) is 0 Å². The summed E-state index contributed by atoms with van der Waals surface area (Å²) < 4.78 is 30.8. The predicted molar refractivity (Wildman–Crippen MR) is 120 cm³/mol. The van der Waals surface area contributed by atoms with Gasteiger partial charge in [-0.3, -0.25) is 14.5 Å². The smallest absolute Gasteiger partial charge is 0.354 e. The number of ether oxygens (including phenoxy) is 1. The number of esters is 1. The first-order chi connectivity index (χ1) is 14.8. The van der Waals surface area contributed by atoms with Crippen molar-refractivity contribution in [2.24, 2.45) is 5.10 Å². The van der Waals surface area contributed by atoms with Gasteiger partial charge in [0.2, 0.25) is 15.9 Å². The lowest BCUT2D eigenvalue weighted by Crippen LogP contribution is -2.38. The lowest BCUT2D eigenvalue weighted by molar-refractivity contribution is -0.135. The van der Waals surface area contributed by atoms with Crippen LogP contribution in [0, 0.1) is 0 Å². The molecular formula is C21H24N4O5S. The molecule has 0 aromatic heterocycles. The van der Waals surface area contributed by atoms with E-state index in [1.165, 1.54) is 5.01 Å². The van der Waals surface area contributed by atoms with E-state index in [-0.39, 0.29) is 30.4 Å². The van der Waals surface area contributed by atoms with Gasteiger partial charge in [-0.05, 0) is 50.2 Å². The summed E-state index contributed by atoms with van der Waals surface area (Å²) in [5.41, 5.74) is 1.74. The van der Waals surface area contributed by atoms with E-state index in [2.05, 4.69) is 15.1 Å². The van der Waals surface area contributed by atoms with Gasteiger partial charge in [-0.25, -0.2) is 13.2 Å². The molecule has 0 radical (unpaired) electrons. The molecule has 2 aromatic carbocycles. The summed E-state index contributed by atoms with van der Waals surface area (Å²) in [5, 5.41) is 8.62. The molecule has 9 nitrogen and oxygen atoms in total. The van der Waals surface area contributed by atoms with Crippen LogP contribution in [-0.4, -0.2) is 44.4 Å². The SMILES string of the molecule is CCOC(=O)C1=NN(c2ccccc2)C(C(=O)Nc2ccc(NS(=O)(=O)CC)cc2)C1. The molecule has 2 aromatic rings. The number of rotatable bonds is 8. The van der Waals surface area contributed by atoms with Crippen molar-refractivity contribution >= 4 is 44.7 Å². The Bertz CT molecular complexity index is 1070. The Kier molecular flexibility index (Phi) is 6.91. The van der Waals surface area contributed by atoms with Gasteiger partial charge in [-0.1, -0.05) is 18.2 Å². The highest BCUT2D eigenvalue weighted by Gasteiger charge is 2.36. The zero-order valence-corrected chi connectivity index (χ0v) is 18.1. The molecule has 1 atom stereocenters. The fraction of sp³-hybridized carbons (Fsp3) is 0.286. The number of anilines is 3. The molecular weight excluding hydrogens is 420 g/mol. The number of benzene rings is 2. The van der Waals surface area contributed by atoms with E-state index in [9.17, 15) is 18.0 Å². The number of sulfonamides is 1. The van der Waals surface area contributed by atoms with Crippen molar-refractivity contribution < 1.29 is 22.7 Å². The largest absolute Gasteiger partial charge is 0.461 e. The highest BCUT2D eigenvalue weighted by Crippen LogP contribution is 2.26. The molecule has 2 N–H and O–H groups in total. The van der Waals surface area contributed by atoms with Crippen LogP contribution >= 0.6 is 0 Å². The van der Waals surface area contributed by atoms with Crippen LogP contribution in [0.25, 0.3) is 0 Å². The number of carbonyl (C=O) groups excluding carboxylic acids is 2. The number of amides is 1. The zero-order chi connectivity index (χ0) is 22.4. The van der Waals surface area contributed by atoms with Gasteiger partial charge in [0, 0.05) is 17.8 Å². The number of nitrogens with zero attached hydrogens (tertiary/aromatic N) is 2. The molecule has 0 saturated carbocycles. The van der Waals surface area contributed by atoms with Gasteiger partial charge >= 0.3 is 5.97 Å². The standard InChI is InChI=1S/C21H24N4O5S/c1-3-30-21(27)18-14-19(25(23-18)17-8-6-5-7-9-17)20(26)22-15-10-12-16(13-11-15)24-31(28,29)4-2/h5-13,19,24H,3-4,14H2,1-2H3,(H,22,26). The van der Waals surface area contributed by atoms with Crippen LogP contribution < -0.4 is 15.0 Å². The van der Waals surface area contributed by atoms with Gasteiger partial charge < -0.3 is 10.1 Å². The number of para-hydroxylation sites is 1. The average Bonchev–Trinajstić information content (AvgIpc) is 3.22. The Labute approximate surface area is 181 Å². The van der Waals surface area contributed by atoms with E-state index in [0.29, 0.717) is 17.1 Å². The third-order valence-corrected chi connectivity index (χ3v) is 5.86. The first-order valence-electron chi connectivity index (χ1n) is 9.83. The van der Waals surface area contributed by atoms with Crippen LogP contribution in [0.5, 0.6) is 0 Å². The van der Waals surface area contributed by atoms with Crippen LogP contribution in [0.15, 0.2) is 59.7 Å². The van der Waals surface area contributed by atoms with Crippen molar-refractivity contribution in [1.82, 2.24) is 0 Å². The molecule has 0 spiro atoms. The maximum Gasteiger partial charge on any atom is 0.354 e. The molecule has 31 heavy (non-hydrogen) atoms. The molecule has 0 fully saturated rings. The average molecular weight is 445 g/mol. The maximum atomic E-state index is 13.0. The Morgan fingerprint density at radius 1 is 1.06 bits per heavy atom. The van der Waals surface area contributed by atoms with Gasteiger partial charge in [-0.2, -0.15) is 5.10 Å². The Morgan fingerprint density at radius 2 is 1.71 bits per heavy atom. The van der Waals surface area contributed by atoms with E-state index in [1.54, 1.807) is 50.2 Å². The minimum atomic E-state index is -3.38. The minimum Gasteiger partial charge on any atom is -0.461 e. The van der Waals surface area contributed by atoms with E-state index in [0.717, 1.165) is 0 Å². The molecule has 1 heterocycles. The van der Waals surface area contributed by atoms with Crippen LogP contribution in [0.4, 0.5) is 17.1 Å². The third-order valence-electron chi connectivity index (χ3n) is 4.55. The number of hydrogen-bond donors (Lipinski definition) is 2. The zero-order valence-electron chi connectivity index (χ0n) is 17.2. The van der Waals surface area contributed by atoms with Crippen molar-refractivity contribution in [3.8, 4) is 0 Å². The monoisotopic (exact) mass is 444 g/mol. The van der Waals surface area contributed by atoms with Crippen molar-refractivity contribution in [3.05, 3.63) is 54.6 Å². The fourth-order valence-corrected chi connectivity index (χ4v) is 3.61. The molecule has 1 aliphatic heterocycles. The minimum absolute atomic E-state index is 0.0364. The lowest BCUT2D eigenvalue weighted by Gasteiger charge is -2.22. The van der Waals surface area contributed by atoms with Gasteiger partial charge in [-0.15, -0.1) is 0 Å². The first-order valence-corrected chi connectivity index (χ1v) is 11.5. The van der Waals surface area contributed by atoms with Crippen LogP contribution in [0.2, 0.25) is 0 Å². The molecule has 10 heteroatoms. The van der Waals surface area contributed by atoms with E-state index in [1.807, 2.05) is 18.2 Å². The third kappa shape index (κ3) is 5.60. The molecule has 0 bridgehead atoms. The molecule has 164 valence electrons. The first kappa shape index (κ1) is 22.3. The summed E-state index contributed by atoms with van der Waals surface area (Å²) in [4.78, 5) is 25.2. The highest BCUT2D eigenvalue weighted by molar-refractivity contribution is 7.92. The van der Waals surface area contributed by atoms with E-state index >= 15 is 0 Å². The number of nitrogens with one attached hydrogen (secondary N) is 2. The fourth-order valence-electron chi connectivity index (χ4n) is 2.97. The number of carbonyl (C=O) groups is 2. The Hall–Kier alpha value is -3.40. The van der Waals surface area contributed by atoms with Crippen molar-refractivity contribution in [2.45, 2.75) is 26.3 Å². The molecule has 0 saturated heterocycles. The Morgan fingerprint density at radius 3 is 2.32 bits per heavy atom. The summed E-state index contributed by atoms with van der Waals surface area (Å²) in [5.74, 6) is -0.939. The summed E-state index contributed by atoms with van der Waals surface area (Å²) in [6, 6.07) is 14.7. The Balaban J connectivity index is 1.75. The molecule has 3 rings (SSSR count). The molecule has 1 aliphatic rings. The molecule has 1 amide bonds. The summed E-state index contributed by atoms with van der Waals surface area (Å²) in [6.07, 6.45) is 0.105. The normalized spacial score (nSPS) is 15.9. The second-order valence-corrected chi connectivity index (χ2v) is 8.75. The van der Waals surface area contributed by atoms with Crippen molar-refractivity contribution in [1.29, 1.82) is 0 Å². The van der Waals surface area contributed by atoms with Gasteiger partial charge in [0.25, 0.3) is 0 Å². The van der Waals surface area contributed by atoms with Crippen LogP contribution in [-0.2, 0) is 24.3 Å². The quantitative estimate of drug-likeness (QED) is 0.605. The van der Waals surface area contributed by atoms with Crippen LogP contribution in [0.1, 0.15) is 20.3 Å². The van der Waals surface area contributed by atoms with Gasteiger partial charge in [0.1, 0.15) is 11.8 Å². The second kappa shape index (κ2) is 9.61. The molecule has 1 unspecified atom stereocenters. The van der Waals surface area contributed by atoms with Gasteiger partial charge in [0.15, 0.2) is 0 Å². The molecule has 0 aliphatic carbocycles. The number of hydrazone groups is 1. The van der Waals surface area contributed by atoms with E-state index < -0.39 is 22.0 Å². The second-order valence-electron chi connectivity index (χ2n) is 6.74. The van der Waals surface area contributed by atoms with Gasteiger partial charge in [0.05, 0.1) is 18.0 Å². The highest BCUT2D eigenvalue weighted by atomic mass is 32.2. The number of hydrogen-bond acceptors (Lipinski definition) is 7. The van der Waals surface area contributed by atoms with Crippen LogP contribution in [0.3, 0.4) is 0 Å².